The molecule has 1 aromatic rings. The fourth-order valence-electron chi connectivity index (χ4n) is 2.35. The van der Waals surface area contributed by atoms with E-state index in [2.05, 4.69) is 6.07 Å². The number of nitrogens with zero attached hydrogens (tertiary/aromatic N) is 1. The summed E-state index contributed by atoms with van der Waals surface area (Å²) >= 11 is 0. The second-order valence-corrected chi connectivity index (χ2v) is 9.51. The number of hydrogen-bond acceptors (Lipinski definition) is 4. The summed E-state index contributed by atoms with van der Waals surface area (Å²) in [6, 6.07) is 9.90. The molecule has 1 heterocycles. The van der Waals surface area contributed by atoms with Crippen molar-refractivity contribution in [2.24, 2.45) is 5.41 Å². The third-order valence-corrected chi connectivity index (χ3v) is 6.63. The molecule has 5 heteroatoms. The number of fused-ring (bicyclic) bond motifs is 1. The van der Waals surface area contributed by atoms with Gasteiger partial charge in [0.2, 0.25) is 0 Å². The highest BCUT2D eigenvalue weighted by molar-refractivity contribution is 7.92. The van der Waals surface area contributed by atoms with Gasteiger partial charge < -0.3 is 4.74 Å². The molecule has 0 saturated heterocycles. The molecule has 0 aromatic heterocycles. The largest absolute Gasteiger partial charge is 0.492 e. The molecule has 21 heavy (non-hydrogen) atoms. The Morgan fingerprint density at radius 1 is 1.33 bits per heavy atom. The van der Waals surface area contributed by atoms with Crippen molar-refractivity contribution in [3.05, 3.63) is 29.8 Å². The molecule has 0 radical (unpaired) electrons. The van der Waals surface area contributed by atoms with E-state index in [0.29, 0.717) is 12.8 Å². The van der Waals surface area contributed by atoms with Crippen molar-refractivity contribution in [2.45, 2.75) is 38.4 Å². The smallest absolute Gasteiger partial charge is 0.155 e. The van der Waals surface area contributed by atoms with Crippen LogP contribution in [0.15, 0.2) is 24.3 Å². The van der Waals surface area contributed by atoms with Gasteiger partial charge in [-0.15, -0.1) is 0 Å². The van der Waals surface area contributed by atoms with Crippen LogP contribution < -0.4 is 4.74 Å². The predicted octanol–water partition coefficient (Wildman–Crippen LogP) is 2.73. The second-order valence-electron chi connectivity index (χ2n) is 6.65. The zero-order valence-electron chi connectivity index (χ0n) is 12.7. The molecule has 1 aliphatic heterocycles. The van der Waals surface area contributed by atoms with Gasteiger partial charge in [-0.2, -0.15) is 5.26 Å². The maximum Gasteiger partial charge on any atom is 0.155 e. The van der Waals surface area contributed by atoms with Gasteiger partial charge in [-0.25, -0.2) is 8.42 Å². The lowest BCUT2D eigenvalue weighted by molar-refractivity contribution is 0.166. The summed E-state index contributed by atoms with van der Waals surface area (Å²) in [5.41, 5.74) is 0.214. The molecule has 1 aromatic carbocycles. The van der Waals surface area contributed by atoms with Gasteiger partial charge in [0.05, 0.1) is 22.0 Å². The van der Waals surface area contributed by atoms with E-state index in [1.807, 2.05) is 24.3 Å². The summed E-state index contributed by atoms with van der Waals surface area (Å²) in [4.78, 5) is 0. The second kappa shape index (κ2) is 5.34. The Labute approximate surface area is 126 Å². The number of sulfone groups is 1. The number of nitriles is 1. The standard InChI is InChI=1S/C16H21NO3S/c1-15(2,3)21(18,19)9-8-16(11-17)10-13-6-4-5-7-14(13)20-12-16/h4-7H,8-10,12H2,1-3H3. The summed E-state index contributed by atoms with van der Waals surface area (Å²) in [6.45, 7) is 5.32. The third-order valence-electron chi connectivity index (χ3n) is 4.02. The molecule has 1 aliphatic rings. The number of benzene rings is 1. The van der Waals surface area contributed by atoms with Crippen molar-refractivity contribution in [1.29, 1.82) is 5.26 Å². The van der Waals surface area contributed by atoms with Crippen molar-refractivity contribution in [1.82, 2.24) is 0 Å². The molecule has 2 rings (SSSR count). The van der Waals surface area contributed by atoms with Crippen LogP contribution >= 0.6 is 0 Å². The van der Waals surface area contributed by atoms with E-state index in [9.17, 15) is 13.7 Å². The van der Waals surface area contributed by atoms with Crippen LogP contribution in [0.5, 0.6) is 5.75 Å². The van der Waals surface area contributed by atoms with Crippen LogP contribution in [0.4, 0.5) is 0 Å². The first-order chi connectivity index (χ1) is 9.69. The van der Waals surface area contributed by atoms with E-state index in [0.717, 1.165) is 11.3 Å². The lowest BCUT2D eigenvalue weighted by atomic mass is 9.79. The molecule has 0 amide bonds. The summed E-state index contributed by atoms with van der Waals surface area (Å²) < 4.78 is 29.4. The quantitative estimate of drug-likeness (QED) is 0.861. The van der Waals surface area contributed by atoms with Gasteiger partial charge in [0.1, 0.15) is 12.4 Å². The molecular weight excluding hydrogens is 286 g/mol. The van der Waals surface area contributed by atoms with Crippen LogP contribution in [-0.2, 0) is 16.3 Å². The van der Waals surface area contributed by atoms with Crippen molar-refractivity contribution in [3.8, 4) is 11.8 Å². The zero-order valence-corrected chi connectivity index (χ0v) is 13.5. The first kappa shape index (κ1) is 15.8. The molecule has 4 nitrogen and oxygen atoms in total. The van der Waals surface area contributed by atoms with Crippen molar-refractivity contribution >= 4 is 9.84 Å². The molecule has 0 saturated carbocycles. The average molecular weight is 307 g/mol. The first-order valence-electron chi connectivity index (χ1n) is 7.03. The van der Waals surface area contributed by atoms with Gasteiger partial charge in [-0.05, 0) is 45.2 Å². The SMILES string of the molecule is CC(C)(C)S(=O)(=O)CCC1(C#N)COc2ccccc2C1. The van der Waals surface area contributed by atoms with E-state index in [1.54, 1.807) is 20.8 Å². The Morgan fingerprint density at radius 3 is 2.62 bits per heavy atom. The Balaban J connectivity index is 2.17. The number of ether oxygens (including phenoxy) is 1. The Hall–Kier alpha value is -1.54. The van der Waals surface area contributed by atoms with Crippen LogP contribution in [0.3, 0.4) is 0 Å². The summed E-state index contributed by atoms with van der Waals surface area (Å²) in [7, 11) is -3.23. The fourth-order valence-corrected chi connectivity index (χ4v) is 3.62. The number of hydrogen-bond donors (Lipinski definition) is 0. The minimum atomic E-state index is -3.23. The van der Waals surface area contributed by atoms with Gasteiger partial charge in [0.25, 0.3) is 0 Å². The summed E-state index contributed by atoms with van der Waals surface area (Å²) in [6.07, 6.45) is 0.844. The predicted molar refractivity (Wildman–Crippen MR) is 81.8 cm³/mol. The zero-order chi connectivity index (χ0) is 15.7. The highest BCUT2D eigenvalue weighted by Crippen LogP contribution is 2.37. The van der Waals surface area contributed by atoms with Crippen LogP contribution in [0.1, 0.15) is 32.8 Å². The van der Waals surface area contributed by atoms with Gasteiger partial charge in [0.15, 0.2) is 9.84 Å². The van der Waals surface area contributed by atoms with Crippen molar-refractivity contribution < 1.29 is 13.2 Å². The molecule has 1 unspecified atom stereocenters. The molecule has 0 N–H and O–H groups in total. The first-order valence-corrected chi connectivity index (χ1v) is 8.69. The maximum atomic E-state index is 12.2. The number of para-hydroxylation sites is 1. The highest BCUT2D eigenvalue weighted by Gasteiger charge is 2.39. The van der Waals surface area contributed by atoms with Crippen molar-refractivity contribution in [3.63, 3.8) is 0 Å². The van der Waals surface area contributed by atoms with Crippen LogP contribution in [0, 0.1) is 16.7 Å². The average Bonchev–Trinajstić information content (AvgIpc) is 2.44. The van der Waals surface area contributed by atoms with Crippen LogP contribution in [-0.4, -0.2) is 25.5 Å². The summed E-state index contributed by atoms with van der Waals surface area (Å²) in [5, 5.41) is 9.54. The Bertz CT molecular complexity index is 667. The minimum Gasteiger partial charge on any atom is -0.492 e. The molecule has 0 spiro atoms. The van der Waals surface area contributed by atoms with E-state index in [1.165, 1.54) is 0 Å². The van der Waals surface area contributed by atoms with Gasteiger partial charge in [-0.3, -0.25) is 0 Å². The van der Waals surface area contributed by atoms with Crippen LogP contribution in [0.25, 0.3) is 0 Å². The molecule has 0 bridgehead atoms. The number of rotatable bonds is 3. The highest BCUT2D eigenvalue weighted by atomic mass is 32.2. The van der Waals surface area contributed by atoms with Gasteiger partial charge in [-0.1, -0.05) is 18.2 Å². The molecular formula is C16H21NO3S. The molecule has 114 valence electrons. The lowest BCUT2D eigenvalue weighted by Gasteiger charge is -2.33. The van der Waals surface area contributed by atoms with Crippen molar-refractivity contribution in [2.75, 3.05) is 12.4 Å². The normalized spacial score (nSPS) is 22.0. The van der Waals surface area contributed by atoms with E-state index < -0.39 is 20.0 Å². The molecule has 1 atom stereocenters. The fraction of sp³-hybridized carbons (Fsp3) is 0.562. The lowest BCUT2D eigenvalue weighted by Crippen LogP contribution is -2.38. The van der Waals surface area contributed by atoms with Gasteiger partial charge in [0, 0.05) is 0 Å². The molecule has 0 fully saturated rings. The van der Waals surface area contributed by atoms with E-state index in [-0.39, 0.29) is 12.4 Å². The van der Waals surface area contributed by atoms with E-state index >= 15 is 0 Å². The Morgan fingerprint density at radius 2 is 2.00 bits per heavy atom. The third kappa shape index (κ3) is 3.21. The van der Waals surface area contributed by atoms with Crippen LogP contribution in [0.2, 0.25) is 0 Å². The topological polar surface area (TPSA) is 67.2 Å². The monoisotopic (exact) mass is 307 g/mol. The van der Waals surface area contributed by atoms with Gasteiger partial charge >= 0.3 is 0 Å². The van der Waals surface area contributed by atoms with E-state index in [4.69, 9.17) is 4.74 Å². The summed E-state index contributed by atoms with van der Waals surface area (Å²) in [5.74, 6) is 0.803. The molecule has 0 aliphatic carbocycles. The minimum absolute atomic E-state index is 0.00951. The Kier molecular flexibility index (Phi) is 4.03. The maximum absolute atomic E-state index is 12.2.